The van der Waals surface area contributed by atoms with Crippen molar-refractivity contribution in [2.45, 2.75) is 56.7 Å². The van der Waals surface area contributed by atoms with E-state index in [-0.39, 0.29) is 0 Å². The number of aryl methyl sites for hydroxylation is 1. The van der Waals surface area contributed by atoms with Crippen molar-refractivity contribution in [1.29, 1.82) is 0 Å². The number of thioether (sulfide) groups is 1. The van der Waals surface area contributed by atoms with Crippen LogP contribution in [0, 0.1) is 6.92 Å². The largest absolute Gasteiger partial charge is 0.340 e. The van der Waals surface area contributed by atoms with Crippen molar-refractivity contribution in [3.63, 3.8) is 0 Å². The molecule has 1 aromatic rings. The molecule has 1 aliphatic heterocycles. The Hall–Kier alpha value is -1.30. The van der Waals surface area contributed by atoms with Crippen LogP contribution in [0.25, 0.3) is 0 Å². The van der Waals surface area contributed by atoms with E-state index in [1.807, 2.05) is 43.0 Å². The van der Waals surface area contributed by atoms with E-state index in [2.05, 4.69) is 14.9 Å². The maximum Gasteiger partial charge on any atom is 0.232 e. The van der Waals surface area contributed by atoms with E-state index in [9.17, 15) is 4.79 Å². The Morgan fingerprint density at radius 2 is 1.96 bits per heavy atom. The second-order valence-corrected chi connectivity index (χ2v) is 8.31. The smallest absolute Gasteiger partial charge is 0.232 e. The Morgan fingerprint density at radius 3 is 2.67 bits per heavy atom. The molecule has 2 fully saturated rings. The van der Waals surface area contributed by atoms with Crippen molar-refractivity contribution in [3.05, 3.63) is 18.0 Å². The third kappa shape index (κ3) is 4.41. The van der Waals surface area contributed by atoms with Gasteiger partial charge in [0.1, 0.15) is 0 Å². The number of carbonyl (C=O) groups excluding carboxylic acids is 1. The van der Waals surface area contributed by atoms with Crippen molar-refractivity contribution in [1.82, 2.24) is 14.9 Å². The van der Waals surface area contributed by atoms with Gasteiger partial charge in [-0.15, -0.1) is 11.8 Å². The first-order chi connectivity index (χ1) is 11.6. The van der Waals surface area contributed by atoms with Gasteiger partial charge in [-0.2, -0.15) is 0 Å². The van der Waals surface area contributed by atoms with Crippen LogP contribution in [0.2, 0.25) is 0 Å². The maximum absolute atomic E-state index is 12.6. The number of likely N-dealkylation sites (tertiary alicyclic amines) is 1. The molecule has 1 aliphatic carbocycles. The van der Waals surface area contributed by atoms with Crippen LogP contribution in [0.5, 0.6) is 0 Å². The summed E-state index contributed by atoms with van der Waals surface area (Å²) in [4.78, 5) is 25.6. The summed E-state index contributed by atoms with van der Waals surface area (Å²) in [6, 6.07) is 0.307. The van der Waals surface area contributed by atoms with Gasteiger partial charge in [-0.05, 0) is 38.2 Å². The molecule has 24 heavy (non-hydrogen) atoms. The second-order valence-electron chi connectivity index (χ2n) is 7.02. The minimum absolute atomic E-state index is 0.301. The van der Waals surface area contributed by atoms with E-state index in [0.29, 0.717) is 23.0 Å². The summed E-state index contributed by atoms with van der Waals surface area (Å²) in [5.41, 5.74) is 1.07. The first-order valence-corrected chi connectivity index (χ1v) is 10.1. The van der Waals surface area contributed by atoms with E-state index < -0.39 is 0 Å². The SMILES string of the molecule is Cc1cnc(N(C)C2CCCN(C(=O)CSC3CCCC3)C2)nc1. The molecular weight excluding hydrogens is 320 g/mol. The first kappa shape index (κ1) is 17.5. The van der Waals surface area contributed by atoms with E-state index in [4.69, 9.17) is 0 Å². The molecule has 132 valence electrons. The van der Waals surface area contributed by atoms with Crippen molar-refractivity contribution in [2.24, 2.45) is 0 Å². The third-order valence-electron chi connectivity index (χ3n) is 5.12. The van der Waals surface area contributed by atoms with Crippen LogP contribution >= 0.6 is 11.8 Å². The second kappa shape index (κ2) is 8.19. The fourth-order valence-electron chi connectivity index (χ4n) is 3.56. The monoisotopic (exact) mass is 348 g/mol. The molecule has 5 nitrogen and oxygen atoms in total. The Kier molecular flexibility index (Phi) is 5.98. The molecule has 1 aromatic heterocycles. The van der Waals surface area contributed by atoms with Gasteiger partial charge >= 0.3 is 0 Å². The summed E-state index contributed by atoms with van der Waals surface area (Å²) in [6.45, 7) is 3.67. The molecule has 0 N–H and O–H groups in total. The number of piperidine rings is 1. The highest BCUT2D eigenvalue weighted by molar-refractivity contribution is 8.00. The molecule has 0 aromatic carbocycles. The van der Waals surface area contributed by atoms with Crippen LogP contribution in [0.4, 0.5) is 5.95 Å². The predicted molar refractivity (Wildman–Crippen MR) is 99.5 cm³/mol. The van der Waals surface area contributed by atoms with E-state index in [1.54, 1.807) is 0 Å². The average molecular weight is 349 g/mol. The third-order valence-corrected chi connectivity index (χ3v) is 6.48. The summed E-state index contributed by atoms with van der Waals surface area (Å²) >= 11 is 1.86. The molecule has 6 heteroatoms. The molecule has 0 bridgehead atoms. The number of hydrogen-bond donors (Lipinski definition) is 0. The molecule has 0 spiro atoms. The quantitative estimate of drug-likeness (QED) is 0.819. The molecule has 1 saturated carbocycles. The molecular formula is C18H28N4OS. The standard InChI is InChI=1S/C18H28N4OS/c1-14-10-19-18(20-11-14)21(2)15-6-5-9-22(12-15)17(23)13-24-16-7-3-4-8-16/h10-11,15-16H,3-9,12-13H2,1-2H3. The van der Waals surface area contributed by atoms with Crippen LogP contribution < -0.4 is 4.90 Å². The van der Waals surface area contributed by atoms with E-state index in [1.165, 1.54) is 25.7 Å². The van der Waals surface area contributed by atoms with Gasteiger partial charge in [-0.1, -0.05) is 12.8 Å². The number of hydrogen-bond acceptors (Lipinski definition) is 5. The minimum atomic E-state index is 0.301. The zero-order valence-electron chi connectivity index (χ0n) is 14.8. The Bertz CT molecular complexity index is 544. The minimum Gasteiger partial charge on any atom is -0.340 e. The molecule has 1 amide bonds. The summed E-state index contributed by atoms with van der Waals surface area (Å²) in [5.74, 6) is 1.69. The number of nitrogens with zero attached hydrogens (tertiary/aromatic N) is 4. The van der Waals surface area contributed by atoms with Crippen molar-refractivity contribution < 1.29 is 4.79 Å². The van der Waals surface area contributed by atoms with Crippen molar-refractivity contribution >= 4 is 23.6 Å². The molecule has 1 saturated heterocycles. The van der Waals surface area contributed by atoms with Crippen LogP contribution in [0.1, 0.15) is 44.1 Å². The number of amides is 1. The summed E-state index contributed by atoms with van der Waals surface area (Å²) < 4.78 is 0. The maximum atomic E-state index is 12.6. The molecule has 1 unspecified atom stereocenters. The number of rotatable bonds is 5. The predicted octanol–water partition coefficient (Wildman–Crippen LogP) is 2.89. The van der Waals surface area contributed by atoms with Crippen LogP contribution in [-0.2, 0) is 4.79 Å². The lowest BCUT2D eigenvalue weighted by molar-refractivity contribution is -0.129. The fraction of sp³-hybridized carbons (Fsp3) is 0.722. The Balaban J connectivity index is 1.53. The summed E-state index contributed by atoms with van der Waals surface area (Å²) in [5, 5.41) is 0.707. The molecule has 2 aliphatic rings. The Morgan fingerprint density at radius 1 is 1.25 bits per heavy atom. The van der Waals surface area contributed by atoms with Crippen LogP contribution in [-0.4, -0.2) is 58.0 Å². The number of carbonyl (C=O) groups is 1. The summed E-state index contributed by atoms with van der Waals surface area (Å²) in [7, 11) is 2.04. The fourth-order valence-corrected chi connectivity index (χ4v) is 4.79. The van der Waals surface area contributed by atoms with Crippen LogP contribution in [0.15, 0.2) is 12.4 Å². The average Bonchev–Trinajstić information content (AvgIpc) is 3.13. The Labute approximate surface area is 149 Å². The molecule has 0 radical (unpaired) electrons. The highest BCUT2D eigenvalue weighted by Gasteiger charge is 2.28. The number of likely N-dealkylation sites (N-methyl/N-ethyl adjacent to an activating group) is 1. The normalized spacial score (nSPS) is 21.9. The molecule has 3 rings (SSSR count). The zero-order chi connectivity index (χ0) is 16.9. The number of aromatic nitrogens is 2. The van der Waals surface area contributed by atoms with Gasteiger partial charge in [0.15, 0.2) is 0 Å². The van der Waals surface area contributed by atoms with Gasteiger partial charge in [0.2, 0.25) is 11.9 Å². The molecule has 1 atom stereocenters. The van der Waals surface area contributed by atoms with Gasteiger partial charge in [0, 0.05) is 43.8 Å². The zero-order valence-corrected chi connectivity index (χ0v) is 15.6. The van der Waals surface area contributed by atoms with E-state index in [0.717, 1.165) is 37.4 Å². The highest BCUT2D eigenvalue weighted by atomic mass is 32.2. The van der Waals surface area contributed by atoms with Crippen molar-refractivity contribution in [3.8, 4) is 0 Å². The molecule has 2 heterocycles. The lowest BCUT2D eigenvalue weighted by atomic mass is 10.0. The van der Waals surface area contributed by atoms with Crippen LogP contribution in [0.3, 0.4) is 0 Å². The lowest BCUT2D eigenvalue weighted by Gasteiger charge is -2.37. The van der Waals surface area contributed by atoms with Gasteiger partial charge < -0.3 is 9.80 Å². The summed E-state index contributed by atoms with van der Waals surface area (Å²) in [6.07, 6.45) is 11.1. The van der Waals surface area contributed by atoms with Gasteiger partial charge in [0.05, 0.1) is 5.75 Å². The highest BCUT2D eigenvalue weighted by Crippen LogP contribution is 2.29. The number of anilines is 1. The first-order valence-electron chi connectivity index (χ1n) is 9.04. The van der Waals surface area contributed by atoms with E-state index >= 15 is 0 Å². The lowest BCUT2D eigenvalue weighted by Crippen LogP contribution is -2.49. The topological polar surface area (TPSA) is 49.3 Å². The van der Waals surface area contributed by atoms with Gasteiger partial charge in [-0.3, -0.25) is 4.79 Å². The van der Waals surface area contributed by atoms with Gasteiger partial charge in [-0.25, -0.2) is 9.97 Å². The van der Waals surface area contributed by atoms with Gasteiger partial charge in [0.25, 0.3) is 0 Å². The van der Waals surface area contributed by atoms with Crippen molar-refractivity contribution in [2.75, 3.05) is 30.8 Å².